The van der Waals surface area contributed by atoms with Crippen molar-refractivity contribution in [2.75, 3.05) is 0 Å². The van der Waals surface area contributed by atoms with Gasteiger partial charge in [-0.2, -0.15) is 0 Å². The van der Waals surface area contributed by atoms with Crippen LogP contribution in [0.1, 0.15) is 31.0 Å². The van der Waals surface area contributed by atoms with E-state index in [2.05, 4.69) is 32.0 Å². The second kappa shape index (κ2) is 3.16. The van der Waals surface area contributed by atoms with Gasteiger partial charge in [-0.1, -0.05) is 0 Å². The summed E-state index contributed by atoms with van der Waals surface area (Å²) in [5.41, 5.74) is 1.93. The molecule has 3 aliphatic rings. The molecule has 5 rings (SSSR count). The van der Waals surface area contributed by atoms with Crippen LogP contribution in [0.15, 0.2) is 16.7 Å². The first kappa shape index (κ1) is 9.96. The van der Waals surface area contributed by atoms with Gasteiger partial charge < -0.3 is 4.98 Å². The van der Waals surface area contributed by atoms with Crippen LogP contribution in [0.5, 0.6) is 0 Å². The molecule has 2 aromatic rings. The maximum absolute atomic E-state index is 4.71. The van der Waals surface area contributed by atoms with Crippen molar-refractivity contribution in [1.29, 1.82) is 0 Å². The number of aromatic nitrogens is 3. The molecule has 0 amide bonds. The summed E-state index contributed by atoms with van der Waals surface area (Å²) in [5.74, 6) is 5.78. The SMILES string of the molecule is Brc1cnc2nc(C3C4C5CCC(C5)C34)[nH]c2c1. The molecule has 1 N–H and O–H groups in total. The third kappa shape index (κ3) is 1.15. The van der Waals surface area contributed by atoms with Crippen molar-refractivity contribution >= 4 is 27.1 Å². The fourth-order valence-electron chi connectivity index (χ4n) is 4.74. The van der Waals surface area contributed by atoms with Crippen LogP contribution in [-0.4, -0.2) is 15.0 Å². The van der Waals surface area contributed by atoms with E-state index < -0.39 is 0 Å². The van der Waals surface area contributed by atoms with Crippen LogP contribution in [0.3, 0.4) is 0 Å². The van der Waals surface area contributed by atoms with Crippen LogP contribution >= 0.6 is 15.9 Å². The Kier molecular flexibility index (Phi) is 1.75. The third-order valence-electron chi connectivity index (χ3n) is 5.37. The summed E-state index contributed by atoms with van der Waals surface area (Å²) in [6.45, 7) is 0. The minimum atomic E-state index is 0.712. The summed E-state index contributed by atoms with van der Waals surface area (Å²) in [6, 6.07) is 2.08. The first-order chi connectivity index (χ1) is 8.81. The highest BCUT2D eigenvalue weighted by Gasteiger charge is 2.66. The normalized spacial score (nSPS) is 40.4. The van der Waals surface area contributed by atoms with Gasteiger partial charge in [0.15, 0.2) is 5.65 Å². The maximum atomic E-state index is 4.71. The molecule has 2 bridgehead atoms. The topological polar surface area (TPSA) is 41.6 Å². The number of fused-ring (bicyclic) bond motifs is 6. The van der Waals surface area contributed by atoms with Crippen LogP contribution in [0.2, 0.25) is 0 Å². The molecule has 3 nitrogen and oxygen atoms in total. The number of nitrogens with one attached hydrogen (secondary N) is 1. The van der Waals surface area contributed by atoms with Gasteiger partial charge in [0, 0.05) is 16.6 Å². The monoisotopic (exact) mass is 303 g/mol. The van der Waals surface area contributed by atoms with E-state index in [0.29, 0.717) is 5.92 Å². The summed E-state index contributed by atoms with van der Waals surface area (Å²) in [4.78, 5) is 12.6. The van der Waals surface area contributed by atoms with Crippen LogP contribution < -0.4 is 0 Å². The minimum Gasteiger partial charge on any atom is -0.340 e. The molecule has 3 saturated carbocycles. The Hall–Kier alpha value is -0.900. The van der Waals surface area contributed by atoms with Gasteiger partial charge >= 0.3 is 0 Å². The molecule has 3 aliphatic carbocycles. The Morgan fingerprint density at radius 3 is 2.78 bits per heavy atom. The van der Waals surface area contributed by atoms with Crippen molar-refractivity contribution in [2.24, 2.45) is 23.7 Å². The lowest BCUT2D eigenvalue weighted by Gasteiger charge is -2.05. The van der Waals surface area contributed by atoms with E-state index in [4.69, 9.17) is 4.98 Å². The van der Waals surface area contributed by atoms with Gasteiger partial charge in [0.25, 0.3) is 0 Å². The fraction of sp³-hybridized carbons (Fsp3) is 0.571. The molecule has 4 atom stereocenters. The Morgan fingerprint density at radius 1 is 1.22 bits per heavy atom. The van der Waals surface area contributed by atoms with Crippen molar-refractivity contribution in [3.8, 4) is 0 Å². The second-order valence-electron chi connectivity index (χ2n) is 6.16. The first-order valence-corrected chi connectivity index (χ1v) is 7.62. The molecule has 0 spiro atoms. The number of aromatic amines is 1. The number of halogens is 1. The lowest BCUT2D eigenvalue weighted by Crippen LogP contribution is -1.98. The predicted octanol–water partition coefficient (Wildman–Crippen LogP) is 3.48. The molecule has 0 radical (unpaired) electrons. The van der Waals surface area contributed by atoms with E-state index in [1.807, 2.05) is 6.20 Å². The van der Waals surface area contributed by atoms with Crippen molar-refractivity contribution in [1.82, 2.24) is 15.0 Å². The average molecular weight is 304 g/mol. The number of nitrogens with zero attached hydrogens (tertiary/aromatic N) is 2. The van der Waals surface area contributed by atoms with Gasteiger partial charge in [0.2, 0.25) is 0 Å². The summed E-state index contributed by atoms with van der Waals surface area (Å²) >= 11 is 3.46. The number of rotatable bonds is 1. The highest BCUT2D eigenvalue weighted by Crippen LogP contribution is 2.72. The summed E-state index contributed by atoms with van der Waals surface area (Å²) < 4.78 is 1.02. The zero-order chi connectivity index (χ0) is 11.9. The maximum Gasteiger partial charge on any atom is 0.177 e. The van der Waals surface area contributed by atoms with E-state index in [-0.39, 0.29) is 0 Å². The number of H-pyrrole nitrogens is 1. The van der Waals surface area contributed by atoms with Gasteiger partial charge in [-0.05, 0) is 64.9 Å². The number of imidazole rings is 1. The van der Waals surface area contributed by atoms with Crippen LogP contribution in [-0.2, 0) is 0 Å². The van der Waals surface area contributed by atoms with E-state index >= 15 is 0 Å². The van der Waals surface area contributed by atoms with Crippen molar-refractivity contribution in [3.05, 3.63) is 22.6 Å². The zero-order valence-corrected chi connectivity index (χ0v) is 11.5. The number of hydrogen-bond acceptors (Lipinski definition) is 2. The van der Waals surface area contributed by atoms with Crippen molar-refractivity contribution in [3.63, 3.8) is 0 Å². The molecule has 0 saturated heterocycles. The van der Waals surface area contributed by atoms with Gasteiger partial charge in [0.1, 0.15) is 5.82 Å². The third-order valence-corrected chi connectivity index (χ3v) is 5.81. The van der Waals surface area contributed by atoms with E-state index in [0.717, 1.165) is 39.3 Å². The molecule has 2 heterocycles. The van der Waals surface area contributed by atoms with Gasteiger partial charge in [-0.25, -0.2) is 9.97 Å². The molecule has 2 aromatic heterocycles. The van der Waals surface area contributed by atoms with Crippen molar-refractivity contribution in [2.45, 2.75) is 25.2 Å². The molecule has 3 fully saturated rings. The summed E-state index contributed by atoms with van der Waals surface area (Å²) in [7, 11) is 0. The van der Waals surface area contributed by atoms with Crippen LogP contribution in [0, 0.1) is 23.7 Å². The van der Waals surface area contributed by atoms with Gasteiger partial charge in [-0.3, -0.25) is 0 Å². The van der Waals surface area contributed by atoms with E-state index in [9.17, 15) is 0 Å². The first-order valence-electron chi connectivity index (χ1n) is 6.82. The zero-order valence-electron chi connectivity index (χ0n) is 9.94. The lowest BCUT2D eigenvalue weighted by molar-refractivity contribution is 0.456. The van der Waals surface area contributed by atoms with Crippen LogP contribution in [0.25, 0.3) is 11.2 Å². The average Bonchev–Trinajstić information content (AvgIpc) is 2.75. The fourth-order valence-corrected chi connectivity index (χ4v) is 5.07. The minimum absolute atomic E-state index is 0.712. The highest BCUT2D eigenvalue weighted by atomic mass is 79.9. The highest BCUT2D eigenvalue weighted by molar-refractivity contribution is 9.10. The van der Waals surface area contributed by atoms with E-state index in [1.165, 1.54) is 25.1 Å². The van der Waals surface area contributed by atoms with Crippen LogP contribution in [0.4, 0.5) is 0 Å². The van der Waals surface area contributed by atoms with Gasteiger partial charge in [-0.15, -0.1) is 0 Å². The Morgan fingerprint density at radius 2 is 2.00 bits per heavy atom. The number of hydrogen-bond donors (Lipinski definition) is 1. The molecule has 92 valence electrons. The molecular formula is C14H14BrN3. The lowest BCUT2D eigenvalue weighted by atomic mass is 10.0. The predicted molar refractivity (Wildman–Crippen MR) is 72.1 cm³/mol. The molecule has 0 aromatic carbocycles. The quantitative estimate of drug-likeness (QED) is 0.876. The largest absolute Gasteiger partial charge is 0.340 e. The van der Waals surface area contributed by atoms with E-state index in [1.54, 1.807) is 0 Å². The van der Waals surface area contributed by atoms with Crippen molar-refractivity contribution < 1.29 is 0 Å². The standard InChI is InChI=1S/C14H14BrN3/c15-8-4-9-13(16-5-8)18-14(17-9)12-10-6-1-2-7(3-6)11(10)12/h4-7,10-12H,1-3H2,(H,16,17,18). The molecular weight excluding hydrogens is 290 g/mol. The number of pyridine rings is 1. The molecule has 4 unspecified atom stereocenters. The van der Waals surface area contributed by atoms with Gasteiger partial charge in [0.05, 0.1) is 5.52 Å². The summed E-state index contributed by atoms with van der Waals surface area (Å²) in [6.07, 6.45) is 6.25. The molecule has 0 aliphatic heterocycles. The Labute approximate surface area is 114 Å². The Balaban J connectivity index is 1.56. The molecule has 18 heavy (non-hydrogen) atoms. The molecule has 4 heteroatoms. The smallest absolute Gasteiger partial charge is 0.177 e. The Bertz CT molecular complexity index is 634. The second-order valence-corrected chi connectivity index (χ2v) is 7.08. The summed E-state index contributed by atoms with van der Waals surface area (Å²) in [5, 5.41) is 0.